The lowest BCUT2D eigenvalue weighted by Gasteiger charge is -2.59. The second kappa shape index (κ2) is 5.53. The van der Waals surface area contributed by atoms with E-state index in [1.165, 1.54) is 11.0 Å². The number of imide groups is 1. The monoisotopic (exact) mass is 348 g/mol. The van der Waals surface area contributed by atoms with Gasteiger partial charge in [-0.2, -0.15) is 0 Å². The van der Waals surface area contributed by atoms with Gasteiger partial charge in [0.25, 0.3) is 11.8 Å². The Morgan fingerprint density at radius 1 is 0.960 bits per heavy atom. The number of rotatable bonds is 2. The van der Waals surface area contributed by atoms with Gasteiger partial charge in [0.15, 0.2) is 5.72 Å². The summed E-state index contributed by atoms with van der Waals surface area (Å²) in [7, 11) is 0. The molecule has 1 spiro atoms. The standard InChI is InChI=1S/C19H28N2O4/c1-9-13(22)20-15(24)18(7,8)25-19(20)11-16(3,4)21(14(23)10-2)17(5,6)12-19/h9-10H,1-2,11-12H2,3-8H3. The molecule has 3 amide bonds. The maximum atomic E-state index is 12.8. The third-order valence-electron chi connectivity index (χ3n) is 4.99. The molecule has 0 aromatic rings. The van der Waals surface area contributed by atoms with Gasteiger partial charge >= 0.3 is 0 Å². The SMILES string of the molecule is C=CC(=O)N1C(C)(C)CC2(CC1(C)C)OC(C)(C)C(=O)N2C(=O)C=C. The largest absolute Gasteiger partial charge is 0.339 e. The molecule has 6 nitrogen and oxygen atoms in total. The number of piperidine rings is 1. The van der Waals surface area contributed by atoms with Crippen molar-refractivity contribution in [2.24, 2.45) is 0 Å². The van der Waals surface area contributed by atoms with Crippen LogP contribution in [0.2, 0.25) is 0 Å². The predicted octanol–water partition coefficient (Wildman–Crippen LogP) is 2.40. The molecule has 2 aliphatic heterocycles. The lowest BCUT2D eigenvalue weighted by atomic mass is 9.74. The van der Waals surface area contributed by atoms with Crippen molar-refractivity contribution in [1.82, 2.24) is 9.80 Å². The van der Waals surface area contributed by atoms with E-state index in [1.54, 1.807) is 18.7 Å². The van der Waals surface area contributed by atoms with Crippen LogP contribution >= 0.6 is 0 Å². The number of hydrogen-bond donors (Lipinski definition) is 0. The lowest BCUT2D eigenvalue weighted by molar-refractivity contribution is -0.211. The smallest absolute Gasteiger partial charge is 0.263 e. The van der Waals surface area contributed by atoms with Gasteiger partial charge in [0, 0.05) is 23.9 Å². The van der Waals surface area contributed by atoms with Crippen LogP contribution in [-0.2, 0) is 19.1 Å². The van der Waals surface area contributed by atoms with Gasteiger partial charge in [0.2, 0.25) is 5.91 Å². The van der Waals surface area contributed by atoms with Gasteiger partial charge in [-0.1, -0.05) is 13.2 Å². The van der Waals surface area contributed by atoms with E-state index in [0.717, 1.165) is 6.08 Å². The molecule has 0 atom stereocenters. The van der Waals surface area contributed by atoms with E-state index in [0.29, 0.717) is 12.8 Å². The van der Waals surface area contributed by atoms with Gasteiger partial charge in [-0.15, -0.1) is 0 Å². The zero-order chi connectivity index (χ0) is 19.4. The summed E-state index contributed by atoms with van der Waals surface area (Å²) in [5.74, 6) is -1.05. The van der Waals surface area contributed by atoms with Crippen molar-refractivity contribution in [2.45, 2.75) is 76.8 Å². The van der Waals surface area contributed by atoms with Crippen molar-refractivity contribution < 1.29 is 19.1 Å². The minimum absolute atomic E-state index is 0.185. The molecule has 0 aromatic heterocycles. The van der Waals surface area contributed by atoms with Gasteiger partial charge < -0.3 is 9.64 Å². The van der Waals surface area contributed by atoms with Crippen molar-refractivity contribution in [3.05, 3.63) is 25.3 Å². The summed E-state index contributed by atoms with van der Waals surface area (Å²) in [6, 6.07) is 0. The molecular formula is C19H28N2O4. The van der Waals surface area contributed by atoms with Crippen LogP contribution in [0.1, 0.15) is 54.4 Å². The Hall–Kier alpha value is -1.95. The number of nitrogens with zero attached hydrogens (tertiary/aromatic N) is 2. The molecule has 2 saturated heterocycles. The van der Waals surface area contributed by atoms with Crippen LogP contribution in [0.3, 0.4) is 0 Å². The van der Waals surface area contributed by atoms with E-state index in [-0.39, 0.29) is 11.8 Å². The van der Waals surface area contributed by atoms with Gasteiger partial charge in [-0.25, -0.2) is 4.90 Å². The molecule has 25 heavy (non-hydrogen) atoms. The van der Waals surface area contributed by atoms with Crippen LogP contribution in [0.4, 0.5) is 0 Å². The lowest BCUT2D eigenvalue weighted by Crippen LogP contribution is -2.70. The van der Waals surface area contributed by atoms with Crippen molar-refractivity contribution in [3.63, 3.8) is 0 Å². The minimum atomic E-state index is -1.12. The maximum absolute atomic E-state index is 12.8. The van der Waals surface area contributed by atoms with Gasteiger partial charge in [0.1, 0.15) is 5.60 Å². The molecule has 0 saturated carbocycles. The summed E-state index contributed by atoms with van der Waals surface area (Å²) < 4.78 is 6.20. The van der Waals surface area contributed by atoms with E-state index in [1.807, 2.05) is 27.7 Å². The number of amides is 3. The number of carbonyl (C=O) groups is 3. The highest BCUT2D eigenvalue weighted by Gasteiger charge is 2.65. The van der Waals surface area contributed by atoms with Gasteiger partial charge in [-0.3, -0.25) is 14.4 Å². The van der Waals surface area contributed by atoms with E-state index >= 15 is 0 Å². The molecule has 2 heterocycles. The Bertz CT molecular complexity index is 642. The van der Waals surface area contributed by atoms with Crippen LogP contribution < -0.4 is 0 Å². The molecule has 0 N–H and O–H groups in total. The fourth-order valence-corrected chi connectivity index (χ4v) is 4.72. The molecule has 0 aliphatic carbocycles. The zero-order valence-electron chi connectivity index (χ0n) is 16.0. The average molecular weight is 348 g/mol. The number of likely N-dealkylation sites (tertiary alicyclic amines) is 1. The van der Waals surface area contributed by atoms with Crippen LogP contribution in [0.25, 0.3) is 0 Å². The highest BCUT2D eigenvalue weighted by molar-refractivity contribution is 6.05. The van der Waals surface area contributed by atoms with Crippen molar-refractivity contribution >= 4 is 17.7 Å². The topological polar surface area (TPSA) is 66.9 Å². The van der Waals surface area contributed by atoms with E-state index < -0.39 is 28.3 Å². The second-order valence-electron chi connectivity index (χ2n) is 8.60. The Kier molecular flexibility index (Phi) is 4.28. The molecule has 138 valence electrons. The Balaban J connectivity index is 2.61. The Morgan fingerprint density at radius 3 is 1.80 bits per heavy atom. The molecule has 0 aromatic carbocycles. The average Bonchev–Trinajstić information content (AvgIpc) is 2.60. The third kappa shape index (κ3) is 2.82. The highest BCUT2D eigenvalue weighted by atomic mass is 16.6. The molecule has 0 bridgehead atoms. The molecule has 2 aliphatic rings. The van der Waals surface area contributed by atoms with Crippen LogP contribution in [0.5, 0.6) is 0 Å². The van der Waals surface area contributed by atoms with E-state index in [4.69, 9.17) is 4.74 Å². The Labute approximate surface area is 149 Å². The summed E-state index contributed by atoms with van der Waals surface area (Å²) >= 11 is 0. The fraction of sp³-hybridized carbons (Fsp3) is 0.632. The third-order valence-corrected chi connectivity index (χ3v) is 4.99. The second-order valence-corrected chi connectivity index (χ2v) is 8.60. The summed E-state index contributed by atoms with van der Waals surface area (Å²) in [6.45, 7) is 18.1. The van der Waals surface area contributed by atoms with Crippen LogP contribution in [0.15, 0.2) is 25.3 Å². The molecular weight excluding hydrogens is 320 g/mol. The molecule has 0 radical (unpaired) electrons. The van der Waals surface area contributed by atoms with E-state index in [2.05, 4.69) is 13.2 Å². The zero-order valence-corrected chi connectivity index (χ0v) is 16.0. The normalized spacial score (nSPS) is 25.8. The van der Waals surface area contributed by atoms with Crippen LogP contribution in [-0.4, -0.2) is 49.9 Å². The van der Waals surface area contributed by atoms with Crippen molar-refractivity contribution in [3.8, 4) is 0 Å². The summed E-state index contributed by atoms with van der Waals surface area (Å²) in [6.07, 6.45) is 3.06. The first kappa shape index (κ1) is 19.4. The quantitative estimate of drug-likeness (QED) is 0.719. The summed E-state index contributed by atoms with van der Waals surface area (Å²) in [5, 5.41) is 0. The predicted molar refractivity (Wildman–Crippen MR) is 94.4 cm³/mol. The maximum Gasteiger partial charge on any atom is 0.263 e. The number of carbonyl (C=O) groups excluding carboxylic acids is 3. The first-order valence-electron chi connectivity index (χ1n) is 8.42. The molecule has 2 rings (SSSR count). The van der Waals surface area contributed by atoms with E-state index in [9.17, 15) is 14.4 Å². The van der Waals surface area contributed by atoms with Crippen LogP contribution in [0, 0.1) is 0 Å². The highest BCUT2D eigenvalue weighted by Crippen LogP contribution is 2.51. The Morgan fingerprint density at radius 2 is 1.40 bits per heavy atom. The molecule has 0 unspecified atom stereocenters. The summed E-state index contributed by atoms with van der Waals surface area (Å²) in [4.78, 5) is 40.7. The first-order chi connectivity index (χ1) is 11.2. The fourth-order valence-electron chi connectivity index (χ4n) is 4.72. The number of ether oxygens (including phenoxy) is 1. The van der Waals surface area contributed by atoms with Crippen molar-refractivity contribution in [2.75, 3.05) is 0 Å². The minimum Gasteiger partial charge on any atom is -0.339 e. The summed E-state index contributed by atoms with van der Waals surface area (Å²) in [5.41, 5.74) is -3.52. The number of hydrogen-bond acceptors (Lipinski definition) is 4. The van der Waals surface area contributed by atoms with Gasteiger partial charge in [-0.05, 0) is 53.7 Å². The van der Waals surface area contributed by atoms with Gasteiger partial charge in [0.05, 0.1) is 0 Å². The van der Waals surface area contributed by atoms with Crippen molar-refractivity contribution in [1.29, 1.82) is 0 Å². The molecule has 2 fully saturated rings. The molecule has 6 heteroatoms. The first-order valence-corrected chi connectivity index (χ1v) is 8.42.